The molecule has 0 saturated heterocycles. The lowest BCUT2D eigenvalue weighted by Gasteiger charge is -2.36. The first kappa shape index (κ1) is 14.3. The molecule has 0 spiro atoms. The fraction of sp³-hybridized carbons (Fsp3) is 1.00. The van der Waals surface area contributed by atoms with Gasteiger partial charge in [0.1, 0.15) is 0 Å². The van der Waals surface area contributed by atoms with Gasteiger partial charge in [0.15, 0.2) is 22.9 Å². The minimum atomic E-state index is -1.76. The maximum atomic E-state index is 8.92. The molecule has 1 atom stereocenters. The molecule has 0 rings (SSSR count). The van der Waals surface area contributed by atoms with E-state index >= 15 is 0 Å². The molecule has 0 aliphatic carbocycles. The average molecular weight is 236 g/mol. The first-order valence-corrected chi connectivity index (χ1v) is 11.5. The van der Waals surface area contributed by atoms with Crippen molar-refractivity contribution in [2.75, 3.05) is 0 Å². The summed E-state index contributed by atoms with van der Waals surface area (Å²) in [6.07, 6.45) is -0.786. The minimum absolute atomic E-state index is 0.272. The molecule has 1 unspecified atom stereocenters. The summed E-state index contributed by atoms with van der Waals surface area (Å²) in [5.41, 5.74) is 0.272. The lowest BCUT2D eigenvalue weighted by Crippen LogP contribution is -2.45. The molecule has 86 valence electrons. The lowest BCUT2D eigenvalue weighted by molar-refractivity contribution is -0.0462. The van der Waals surface area contributed by atoms with Crippen molar-refractivity contribution in [3.63, 3.8) is 0 Å². The van der Waals surface area contributed by atoms with Gasteiger partial charge >= 0.3 is 0 Å². The normalized spacial score (nSPS) is 16.1. The summed E-state index contributed by atoms with van der Waals surface area (Å²) < 4.78 is 6.14. The number of rotatable bonds is 5. The summed E-state index contributed by atoms with van der Waals surface area (Å²) in [6, 6.07) is 0. The second-order valence-corrected chi connectivity index (χ2v) is 14.7. The Balaban J connectivity index is 4.30. The van der Waals surface area contributed by atoms with Gasteiger partial charge in [-0.1, -0.05) is 6.92 Å². The van der Waals surface area contributed by atoms with Crippen molar-refractivity contribution in [2.24, 2.45) is 0 Å². The van der Waals surface area contributed by atoms with Crippen molar-refractivity contribution >= 4 is 16.6 Å². The van der Waals surface area contributed by atoms with E-state index in [1.54, 1.807) is 0 Å². The van der Waals surface area contributed by atoms with Gasteiger partial charge in [0.05, 0.1) is 0 Å². The highest BCUT2D eigenvalue weighted by molar-refractivity contribution is 6.84. The van der Waals surface area contributed by atoms with Crippen LogP contribution in [-0.2, 0) is 4.12 Å². The summed E-state index contributed by atoms with van der Waals surface area (Å²) in [7, 11) is -3.27. The number of aliphatic hydroxyl groups is 2. The summed E-state index contributed by atoms with van der Waals surface area (Å²) in [5, 5.41) is 17.8. The van der Waals surface area contributed by atoms with E-state index < -0.39 is 22.9 Å². The molecule has 0 amide bonds. The van der Waals surface area contributed by atoms with Crippen LogP contribution >= 0.6 is 0 Å². The topological polar surface area (TPSA) is 49.7 Å². The molecule has 5 heteroatoms. The van der Waals surface area contributed by atoms with Crippen LogP contribution in [0.2, 0.25) is 38.3 Å². The third-order valence-corrected chi connectivity index (χ3v) is 9.48. The Labute approximate surface area is 89.4 Å². The maximum absolute atomic E-state index is 8.92. The van der Waals surface area contributed by atoms with Gasteiger partial charge in [-0.25, -0.2) is 0 Å². The number of aliphatic hydroxyl groups excluding tert-OH is 1. The van der Waals surface area contributed by atoms with Crippen LogP contribution in [0.25, 0.3) is 0 Å². The van der Waals surface area contributed by atoms with Crippen molar-refractivity contribution in [2.45, 2.75) is 57.9 Å². The zero-order valence-electron chi connectivity index (χ0n) is 10.2. The van der Waals surface area contributed by atoms with E-state index in [1.807, 2.05) is 6.92 Å². The molecule has 0 radical (unpaired) electrons. The molecule has 0 aromatic rings. The lowest BCUT2D eigenvalue weighted by atomic mass is 10.3. The van der Waals surface area contributed by atoms with Gasteiger partial charge in [0, 0.05) is 6.42 Å². The van der Waals surface area contributed by atoms with E-state index in [4.69, 9.17) is 14.3 Å². The minimum Gasteiger partial charge on any atom is -0.456 e. The van der Waals surface area contributed by atoms with E-state index in [1.165, 1.54) is 0 Å². The number of hydrogen-bond donors (Lipinski definition) is 2. The van der Waals surface area contributed by atoms with Crippen molar-refractivity contribution < 1.29 is 14.3 Å². The van der Waals surface area contributed by atoms with Gasteiger partial charge in [0.25, 0.3) is 0 Å². The van der Waals surface area contributed by atoms with E-state index in [9.17, 15) is 0 Å². The van der Waals surface area contributed by atoms with Gasteiger partial charge in [-0.15, -0.1) is 0 Å². The van der Waals surface area contributed by atoms with Crippen LogP contribution in [0.1, 0.15) is 13.3 Å². The summed E-state index contributed by atoms with van der Waals surface area (Å²) >= 11 is 0. The molecule has 14 heavy (non-hydrogen) atoms. The molecule has 0 saturated carbocycles. The quantitative estimate of drug-likeness (QED) is 0.568. The molecular formula is C9H24O3Si2. The number of hydrogen-bond acceptors (Lipinski definition) is 3. The summed E-state index contributed by atoms with van der Waals surface area (Å²) in [5.74, 6) is 0. The smallest absolute Gasteiger partial charge is 0.176 e. The van der Waals surface area contributed by atoms with Crippen LogP contribution < -0.4 is 0 Å². The molecule has 2 N–H and O–H groups in total. The fourth-order valence-corrected chi connectivity index (χ4v) is 9.39. The monoisotopic (exact) mass is 236 g/mol. The van der Waals surface area contributed by atoms with Gasteiger partial charge in [-0.2, -0.15) is 0 Å². The third kappa shape index (κ3) is 5.92. The Hall–Kier alpha value is 0.314. The highest BCUT2D eigenvalue weighted by Crippen LogP contribution is 2.29. The van der Waals surface area contributed by atoms with Crippen molar-refractivity contribution in [3.8, 4) is 0 Å². The predicted molar refractivity (Wildman–Crippen MR) is 64.2 cm³/mol. The molecule has 0 aromatic carbocycles. The maximum Gasteiger partial charge on any atom is 0.176 e. The van der Waals surface area contributed by atoms with Crippen molar-refractivity contribution in [1.82, 2.24) is 0 Å². The SMILES string of the molecule is CC(CC(O)O)[Si](C)(C)O[Si](C)(C)C. The molecule has 0 aliphatic rings. The zero-order chi connectivity index (χ0) is 11.6. The standard InChI is InChI=1S/C9H24O3Si2/c1-8(7-9(10)11)14(5,6)12-13(2,3)4/h8-11H,7H2,1-6H3. The van der Waals surface area contributed by atoms with Gasteiger partial charge in [-0.05, 0) is 38.3 Å². The first-order valence-electron chi connectivity index (χ1n) is 5.11. The first-order chi connectivity index (χ1) is 6.04. The molecule has 0 aliphatic heterocycles. The Morgan fingerprint density at radius 1 is 1.07 bits per heavy atom. The van der Waals surface area contributed by atoms with Gasteiger partial charge in [-0.3, -0.25) is 0 Å². The average Bonchev–Trinajstić information content (AvgIpc) is 1.78. The van der Waals surface area contributed by atoms with Crippen LogP contribution in [0.5, 0.6) is 0 Å². The van der Waals surface area contributed by atoms with E-state index in [0.29, 0.717) is 6.42 Å². The fourth-order valence-electron chi connectivity index (χ4n) is 1.49. The summed E-state index contributed by atoms with van der Waals surface area (Å²) in [6.45, 7) is 12.9. The highest BCUT2D eigenvalue weighted by Gasteiger charge is 2.35. The van der Waals surface area contributed by atoms with Crippen LogP contribution in [0, 0.1) is 0 Å². The van der Waals surface area contributed by atoms with E-state index in [-0.39, 0.29) is 5.54 Å². The highest BCUT2D eigenvalue weighted by atomic mass is 28.4. The molecule has 3 nitrogen and oxygen atoms in total. The zero-order valence-corrected chi connectivity index (χ0v) is 12.2. The van der Waals surface area contributed by atoms with Gasteiger partial charge < -0.3 is 14.3 Å². The Bertz CT molecular complexity index is 175. The van der Waals surface area contributed by atoms with Gasteiger partial charge in [0.2, 0.25) is 0 Å². The molecule has 0 heterocycles. The van der Waals surface area contributed by atoms with Crippen molar-refractivity contribution in [1.29, 1.82) is 0 Å². The Kier molecular flexibility index (Phi) is 5.00. The second-order valence-electron chi connectivity index (χ2n) is 5.44. The second kappa shape index (κ2) is 4.89. The van der Waals surface area contributed by atoms with Crippen LogP contribution in [0.4, 0.5) is 0 Å². The van der Waals surface area contributed by atoms with E-state index in [2.05, 4.69) is 32.7 Å². The van der Waals surface area contributed by atoms with Crippen LogP contribution in [0.15, 0.2) is 0 Å². The van der Waals surface area contributed by atoms with Crippen molar-refractivity contribution in [3.05, 3.63) is 0 Å². The predicted octanol–water partition coefficient (Wildman–Crippen LogP) is 2.13. The summed E-state index contributed by atoms with van der Waals surface area (Å²) in [4.78, 5) is 0. The Morgan fingerprint density at radius 2 is 1.50 bits per heavy atom. The molecular weight excluding hydrogens is 212 g/mol. The third-order valence-electron chi connectivity index (χ3n) is 2.32. The van der Waals surface area contributed by atoms with Crippen LogP contribution in [0.3, 0.4) is 0 Å². The largest absolute Gasteiger partial charge is 0.456 e. The Morgan fingerprint density at radius 3 is 1.79 bits per heavy atom. The van der Waals surface area contributed by atoms with Crippen LogP contribution in [-0.4, -0.2) is 33.1 Å². The molecule has 0 bridgehead atoms. The molecule has 0 fully saturated rings. The molecule has 0 aromatic heterocycles. The van der Waals surface area contributed by atoms with E-state index in [0.717, 1.165) is 0 Å².